The molecule has 4 nitrogen and oxygen atoms in total. The van der Waals surface area contributed by atoms with Crippen LogP contribution in [-0.4, -0.2) is 60.0 Å². The monoisotopic (exact) mass is 776 g/mol. The lowest BCUT2D eigenvalue weighted by Crippen LogP contribution is -2.56. The maximum absolute atomic E-state index is 15.3. The fraction of sp³-hybridized carbons (Fsp3) is 0.490. The van der Waals surface area contributed by atoms with Crippen LogP contribution < -0.4 is 0 Å². The van der Waals surface area contributed by atoms with Crippen LogP contribution in [0.15, 0.2) is 109 Å². The van der Waals surface area contributed by atoms with Gasteiger partial charge in [0, 0.05) is 64.5 Å². The second-order valence-corrected chi connectivity index (χ2v) is 18.7. The molecule has 3 unspecified atom stereocenters. The quantitative estimate of drug-likeness (QED) is 0.137. The summed E-state index contributed by atoms with van der Waals surface area (Å²) in [6.07, 6.45) is 11.3. The summed E-state index contributed by atoms with van der Waals surface area (Å²) in [6.45, 7) is 7.87. The molecule has 290 valence electrons. The van der Waals surface area contributed by atoms with Crippen LogP contribution in [0.4, 0.5) is 0 Å². The lowest BCUT2D eigenvalue weighted by molar-refractivity contribution is -0.0860. The Morgan fingerprint density at radius 2 is 1.13 bits per heavy atom. The maximum atomic E-state index is 15.3. The second kappa shape index (κ2) is 16.5. The number of piperidine rings is 2. The highest BCUT2D eigenvalue weighted by Gasteiger charge is 2.52. The third-order valence-corrected chi connectivity index (χ3v) is 14.9. The van der Waals surface area contributed by atoms with E-state index in [0.29, 0.717) is 0 Å². The number of benzene rings is 4. The molecule has 2 heterocycles. The van der Waals surface area contributed by atoms with Crippen LogP contribution in [0.3, 0.4) is 0 Å². The minimum absolute atomic E-state index is 0.131. The van der Waals surface area contributed by atoms with Crippen molar-refractivity contribution in [1.82, 2.24) is 9.80 Å². The van der Waals surface area contributed by atoms with Gasteiger partial charge in [0.15, 0.2) is 5.78 Å². The summed E-state index contributed by atoms with van der Waals surface area (Å²) in [5.74, 6) is -0.0967. The predicted molar refractivity (Wildman–Crippen MR) is 226 cm³/mol. The van der Waals surface area contributed by atoms with Crippen molar-refractivity contribution < 1.29 is 9.90 Å². The average molecular weight is 778 g/mol. The minimum Gasteiger partial charge on any atom is -0.385 e. The molecule has 0 radical (unpaired) electrons. The Morgan fingerprint density at radius 1 is 0.673 bits per heavy atom. The first-order chi connectivity index (χ1) is 26.7. The number of halogens is 2. The number of rotatable bonds is 13. The Morgan fingerprint density at radius 3 is 1.60 bits per heavy atom. The molecule has 55 heavy (non-hydrogen) atoms. The molecule has 4 aliphatic rings. The van der Waals surface area contributed by atoms with Crippen molar-refractivity contribution in [3.8, 4) is 0 Å². The molecular weight excluding hydrogens is 719 g/mol. The number of carbonyl (C=O) groups is 1. The van der Waals surface area contributed by atoms with Gasteiger partial charge in [-0.3, -0.25) is 4.79 Å². The van der Waals surface area contributed by atoms with Gasteiger partial charge in [-0.1, -0.05) is 121 Å². The molecule has 0 spiro atoms. The Labute approximate surface area is 339 Å². The van der Waals surface area contributed by atoms with Gasteiger partial charge < -0.3 is 14.9 Å². The molecule has 1 N–H and O–H groups in total. The largest absolute Gasteiger partial charge is 0.385 e. The zero-order valence-corrected chi connectivity index (χ0v) is 34.0. The van der Waals surface area contributed by atoms with Gasteiger partial charge in [-0.25, -0.2) is 0 Å². The van der Waals surface area contributed by atoms with Crippen LogP contribution in [0, 0.1) is 23.7 Å². The molecule has 8 rings (SSSR count). The summed E-state index contributed by atoms with van der Waals surface area (Å²) < 4.78 is 0. The minimum atomic E-state index is -1.20. The SMILES string of the molecule is C[C@@](O)(c1ccccc1)C(C1CCCN(CC2(c3ccc(Cl)cc3)CCC2)C1)[C@@H](C(=O)c1ccccc1)C1CCCN(CC2(c3ccc(Cl)cc3)CCC2)C1. The van der Waals surface area contributed by atoms with Gasteiger partial charge in [0.05, 0.1) is 5.60 Å². The Balaban J connectivity index is 1.14. The maximum Gasteiger partial charge on any atom is 0.166 e. The number of hydrogen-bond donors (Lipinski definition) is 1. The topological polar surface area (TPSA) is 43.8 Å². The zero-order chi connectivity index (χ0) is 38.0. The molecule has 4 aromatic rings. The third-order valence-electron chi connectivity index (χ3n) is 14.4. The molecule has 5 atom stereocenters. The van der Waals surface area contributed by atoms with Crippen LogP contribution in [-0.2, 0) is 16.4 Å². The second-order valence-electron chi connectivity index (χ2n) is 17.9. The van der Waals surface area contributed by atoms with Gasteiger partial charge in [-0.15, -0.1) is 0 Å². The molecule has 6 heteroatoms. The van der Waals surface area contributed by atoms with Crippen LogP contribution in [0.25, 0.3) is 0 Å². The summed E-state index contributed by atoms with van der Waals surface area (Å²) in [5, 5.41) is 14.7. The van der Waals surface area contributed by atoms with E-state index in [1.807, 2.05) is 79.7 Å². The lowest BCUT2D eigenvalue weighted by Gasteiger charge is -2.52. The lowest BCUT2D eigenvalue weighted by atomic mass is 9.60. The van der Waals surface area contributed by atoms with Crippen molar-refractivity contribution in [3.63, 3.8) is 0 Å². The highest BCUT2D eigenvalue weighted by atomic mass is 35.5. The van der Waals surface area contributed by atoms with Crippen LogP contribution in [0.2, 0.25) is 10.0 Å². The molecule has 0 bridgehead atoms. The number of carbonyl (C=O) groups excluding carboxylic acids is 1. The first-order valence-electron chi connectivity index (χ1n) is 21.0. The van der Waals surface area contributed by atoms with E-state index in [0.717, 1.165) is 86.1 Å². The standard InChI is InChI=1S/C49H58Cl2N2O2/c1-47(55,39-16-6-3-7-17-39)45(38-15-9-31-53(33-38)35-49(28-11-29-49)41-20-24-43(51)25-21-41)44(46(54)36-12-4-2-5-13-36)37-14-8-30-52(32-37)34-48(26-10-27-48)40-18-22-42(50)23-19-40/h2-7,12-13,16-25,37-38,44-45,55H,8-11,14-15,26-35H2,1H3/t37?,38?,44-,45?,47+/m0/s1. The highest BCUT2D eigenvalue weighted by molar-refractivity contribution is 6.30. The van der Waals surface area contributed by atoms with Gasteiger partial charge in [-0.2, -0.15) is 0 Å². The van der Waals surface area contributed by atoms with Crippen LogP contribution in [0.5, 0.6) is 0 Å². The summed E-state index contributed by atoms with van der Waals surface area (Å²) >= 11 is 12.7. The smallest absolute Gasteiger partial charge is 0.166 e. The predicted octanol–water partition coefficient (Wildman–Crippen LogP) is 11.0. The van der Waals surface area contributed by atoms with Crippen molar-refractivity contribution in [2.24, 2.45) is 23.7 Å². The van der Waals surface area contributed by atoms with Gasteiger partial charge in [0.2, 0.25) is 0 Å². The average Bonchev–Trinajstić information content (AvgIpc) is 3.18. The number of hydrogen-bond acceptors (Lipinski definition) is 4. The van der Waals surface area contributed by atoms with Gasteiger partial charge in [0.25, 0.3) is 0 Å². The van der Waals surface area contributed by atoms with E-state index in [2.05, 4.69) is 46.2 Å². The fourth-order valence-corrected chi connectivity index (χ4v) is 11.6. The first-order valence-corrected chi connectivity index (χ1v) is 21.8. The molecule has 0 amide bonds. The van der Waals surface area contributed by atoms with Crippen molar-refractivity contribution in [1.29, 1.82) is 0 Å². The normalized spacial score (nSPS) is 24.8. The van der Waals surface area contributed by atoms with Gasteiger partial charge in [-0.05, 0) is 124 Å². The molecule has 2 saturated carbocycles. The summed E-state index contributed by atoms with van der Waals surface area (Å²) in [4.78, 5) is 20.7. The molecule has 2 aliphatic carbocycles. The van der Waals surface area contributed by atoms with Crippen LogP contribution in [0.1, 0.15) is 98.2 Å². The molecule has 4 fully saturated rings. The third kappa shape index (κ3) is 8.10. The van der Waals surface area contributed by atoms with E-state index in [4.69, 9.17) is 23.2 Å². The molecular formula is C49H58Cl2N2O2. The van der Waals surface area contributed by atoms with Gasteiger partial charge in [0.1, 0.15) is 0 Å². The summed E-state index contributed by atoms with van der Waals surface area (Å²) in [7, 11) is 0. The Kier molecular flexibility index (Phi) is 11.6. The molecule has 4 aromatic carbocycles. The van der Waals surface area contributed by atoms with E-state index < -0.39 is 5.60 Å². The van der Waals surface area contributed by atoms with Crippen molar-refractivity contribution in [2.75, 3.05) is 39.3 Å². The van der Waals surface area contributed by atoms with Gasteiger partial charge >= 0.3 is 0 Å². The van der Waals surface area contributed by atoms with Crippen molar-refractivity contribution in [2.45, 2.75) is 87.6 Å². The summed E-state index contributed by atoms with van der Waals surface area (Å²) in [6, 6.07) is 37.3. The fourth-order valence-electron chi connectivity index (χ4n) is 11.3. The van der Waals surface area contributed by atoms with E-state index in [1.54, 1.807) is 0 Å². The number of likely N-dealkylation sites (tertiary alicyclic amines) is 2. The van der Waals surface area contributed by atoms with Crippen molar-refractivity contribution >= 4 is 29.0 Å². The van der Waals surface area contributed by atoms with E-state index >= 15 is 4.79 Å². The number of aliphatic hydroxyl groups is 1. The van der Waals surface area contributed by atoms with E-state index in [1.165, 1.54) is 49.7 Å². The molecule has 0 aromatic heterocycles. The molecule has 2 aliphatic heterocycles. The van der Waals surface area contributed by atoms with E-state index in [9.17, 15) is 5.11 Å². The first kappa shape index (κ1) is 38.9. The van der Waals surface area contributed by atoms with Crippen molar-refractivity contribution in [3.05, 3.63) is 141 Å². The number of ketones is 1. The Hall–Kier alpha value is -2.99. The Bertz CT molecular complexity index is 1870. The van der Waals surface area contributed by atoms with Crippen LogP contribution >= 0.6 is 23.2 Å². The number of Topliss-reactive ketones (excluding diaryl/α,β-unsaturated/α-hetero) is 1. The summed E-state index contributed by atoms with van der Waals surface area (Å²) in [5.41, 5.74) is 3.51. The molecule has 2 saturated heterocycles. The number of nitrogens with zero attached hydrogens (tertiary/aromatic N) is 2. The highest BCUT2D eigenvalue weighted by Crippen LogP contribution is 2.51. The zero-order valence-electron chi connectivity index (χ0n) is 32.5. The van der Waals surface area contributed by atoms with E-state index in [-0.39, 0.29) is 40.3 Å².